The SMILES string of the molecule is CCNC(=NCc1cccc(CN2CCCC2=O)c1)NCc1oc2ccccc2c1C.I. The van der Waals surface area contributed by atoms with Crippen molar-refractivity contribution in [2.24, 2.45) is 4.99 Å². The van der Waals surface area contributed by atoms with Crippen LogP contribution >= 0.6 is 24.0 Å². The van der Waals surface area contributed by atoms with Gasteiger partial charge in [0.2, 0.25) is 5.91 Å². The third-order valence-electron chi connectivity index (χ3n) is 5.66. The summed E-state index contributed by atoms with van der Waals surface area (Å²) in [5.74, 6) is 1.93. The number of benzene rings is 2. The van der Waals surface area contributed by atoms with Gasteiger partial charge in [-0.2, -0.15) is 0 Å². The van der Waals surface area contributed by atoms with Crippen molar-refractivity contribution < 1.29 is 9.21 Å². The molecule has 1 saturated heterocycles. The van der Waals surface area contributed by atoms with Crippen LogP contribution in [0.1, 0.15) is 42.2 Å². The van der Waals surface area contributed by atoms with E-state index in [0.29, 0.717) is 26.1 Å². The van der Waals surface area contributed by atoms with Crippen molar-refractivity contribution in [2.45, 2.75) is 46.3 Å². The molecule has 2 N–H and O–H groups in total. The lowest BCUT2D eigenvalue weighted by Crippen LogP contribution is -2.36. The fourth-order valence-electron chi connectivity index (χ4n) is 3.99. The molecule has 6 nitrogen and oxygen atoms in total. The average molecular weight is 546 g/mol. The first-order valence-corrected chi connectivity index (χ1v) is 11.0. The number of amides is 1. The van der Waals surface area contributed by atoms with E-state index in [2.05, 4.69) is 48.7 Å². The molecule has 0 atom stereocenters. The number of para-hydroxylation sites is 1. The van der Waals surface area contributed by atoms with Crippen molar-refractivity contribution in [1.82, 2.24) is 15.5 Å². The number of guanidine groups is 1. The molecule has 3 aromatic rings. The number of halogens is 1. The Morgan fingerprint density at radius 1 is 1.12 bits per heavy atom. The van der Waals surface area contributed by atoms with Gasteiger partial charge in [-0.25, -0.2) is 4.99 Å². The van der Waals surface area contributed by atoms with Gasteiger partial charge in [0.15, 0.2) is 5.96 Å². The molecule has 0 bridgehead atoms. The second-order valence-electron chi connectivity index (χ2n) is 7.93. The molecule has 1 aliphatic rings. The highest BCUT2D eigenvalue weighted by Gasteiger charge is 2.19. The van der Waals surface area contributed by atoms with Crippen LogP contribution in [0.3, 0.4) is 0 Å². The van der Waals surface area contributed by atoms with Gasteiger partial charge >= 0.3 is 0 Å². The molecule has 1 aromatic heterocycles. The second kappa shape index (κ2) is 11.4. The monoisotopic (exact) mass is 546 g/mol. The number of hydrogen-bond donors (Lipinski definition) is 2. The van der Waals surface area contributed by atoms with E-state index in [1.165, 1.54) is 0 Å². The molecule has 0 unspecified atom stereocenters. The standard InChI is InChI=1S/C25H30N4O2.HI/c1-3-26-25(28-16-23-18(2)21-10-4-5-11-22(21)31-23)27-15-19-8-6-9-20(14-19)17-29-13-7-12-24(29)30;/h4-6,8-11,14H,3,7,12-13,15-17H2,1-2H3,(H2,26,27,28);1H. The van der Waals surface area contributed by atoms with Crippen molar-refractivity contribution in [3.8, 4) is 0 Å². The Morgan fingerprint density at radius 3 is 2.69 bits per heavy atom. The van der Waals surface area contributed by atoms with Crippen LogP contribution in [0.2, 0.25) is 0 Å². The van der Waals surface area contributed by atoms with Gasteiger partial charge in [-0.3, -0.25) is 4.79 Å². The molecule has 4 rings (SSSR count). The van der Waals surface area contributed by atoms with E-state index in [1.807, 2.05) is 29.2 Å². The summed E-state index contributed by atoms with van der Waals surface area (Å²) in [5.41, 5.74) is 4.34. The zero-order chi connectivity index (χ0) is 21.6. The van der Waals surface area contributed by atoms with Gasteiger partial charge in [-0.15, -0.1) is 24.0 Å². The van der Waals surface area contributed by atoms with Gasteiger partial charge in [0, 0.05) is 37.0 Å². The van der Waals surface area contributed by atoms with E-state index in [0.717, 1.165) is 58.9 Å². The molecule has 1 fully saturated rings. The third kappa shape index (κ3) is 5.82. The van der Waals surface area contributed by atoms with Gasteiger partial charge in [0.25, 0.3) is 0 Å². The number of furan rings is 1. The van der Waals surface area contributed by atoms with Crippen molar-refractivity contribution in [2.75, 3.05) is 13.1 Å². The highest BCUT2D eigenvalue weighted by molar-refractivity contribution is 14.0. The predicted octanol–water partition coefficient (Wildman–Crippen LogP) is 4.74. The highest BCUT2D eigenvalue weighted by Crippen LogP contribution is 2.24. The van der Waals surface area contributed by atoms with Gasteiger partial charge in [0.1, 0.15) is 11.3 Å². The molecular weight excluding hydrogens is 515 g/mol. The van der Waals surface area contributed by atoms with Crippen LogP contribution in [-0.2, 0) is 24.4 Å². The summed E-state index contributed by atoms with van der Waals surface area (Å²) in [7, 11) is 0. The number of carbonyl (C=O) groups is 1. The van der Waals surface area contributed by atoms with Gasteiger partial charge in [-0.1, -0.05) is 42.5 Å². The summed E-state index contributed by atoms with van der Waals surface area (Å²) in [6.45, 7) is 7.60. The van der Waals surface area contributed by atoms with Crippen LogP contribution in [0, 0.1) is 6.92 Å². The lowest BCUT2D eigenvalue weighted by molar-refractivity contribution is -0.128. The van der Waals surface area contributed by atoms with Crippen LogP contribution in [0.25, 0.3) is 11.0 Å². The molecule has 0 radical (unpaired) electrons. The number of carbonyl (C=O) groups excluding carboxylic acids is 1. The second-order valence-corrected chi connectivity index (χ2v) is 7.93. The smallest absolute Gasteiger partial charge is 0.222 e. The van der Waals surface area contributed by atoms with E-state index in [1.54, 1.807) is 0 Å². The summed E-state index contributed by atoms with van der Waals surface area (Å²) in [5, 5.41) is 7.83. The van der Waals surface area contributed by atoms with Crippen LogP contribution in [-0.4, -0.2) is 29.9 Å². The normalized spacial score (nSPS) is 14.0. The van der Waals surface area contributed by atoms with Crippen LogP contribution in [0.5, 0.6) is 0 Å². The minimum atomic E-state index is 0. The Morgan fingerprint density at radius 2 is 1.94 bits per heavy atom. The number of nitrogens with one attached hydrogen (secondary N) is 2. The lowest BCUT2D eigenvalue weighted by atomic mass is 10.1. The molecule has 2 aromatic carbocycles. The van der Waals surface area contributed by atoms with Gasteiger partial charge in [-0.05, 0) is 37.5 Å². The van der Waals surface area contributed by atoms with E-state index < -0.39 is 0 Å². The van der Waals surface area contributed by atoms with E-state index in [-0.39, 0.29) is 29.9 Å². The Balaban J connectivity index is 0.00000289. The van der Waals surface area contributed by atoms with Crippen LogP contribution in [0.15, 0.2) is 57.9 Å². The predicted molar refractivity (Wildman–Crippen MR) is 139 cm³/mol. The van der Waals surface area contributed by atoms with Crippen molar-refractivity contribution in [3.05, 3.63) is 71.0 Å². The van der Waals surface area contributed by atoms with Gasteiger partial charge in [0.05, 0.1) is 13.1 Å². The summed E-state index contributed by atoms with van der Waals surface area (Å²) in [6, 6.07) is 16.4. The van der Waals surface area contributed by atoms with Crippen molar-refractivity contribution >= 4 is 46.8 Å². The fraction of sp³-hybridized carbons (Fsp3) is 0.360. The molecule has 1 aliphatic heterocycles. The maximum absolute atomic E-state index is 11.9. The molecule has 32 heavy (non-hydrogen) atoms. The molecular formula is C25H31IN4O2. The fourth-order valence-corrected chi connectivity index (χ4v) is 3.99. The molecule has 0 spiro atoms. The summed E-state index contributed by atoms with van der Waals surface area (Å²) in [6.07, 6.45) is 1.64. The Kier molecular flexibility index (Phi) is 8.55. The van der Waals surface area contributed by atoms with Gasteiger partial charge < -0.3 is 20.0 Å². The third-order valence-corrected chi connectivity index (χ3v) is 5.66. The molecule has 0 saturated carbocycles. The van der Waals surface area contributed by atoms with Crippen molar-refractivity contribution in [1.29, 1.82) is 0 Å². The zero-order valence-corrected chi connectivity index (χ0v) is 21.0. The van der Waals surface area contributed by atoms with Crippen molar-refractivity contribution in [3.63, 3.8) is 0 Å². The number of rotatable bonds is 7. The highest BCUT2D eigenvalue weighted by atomic mass is 127. The maximum Gasteiger partial charge on any atom is 0.222 e. The summed E-state index contributed by atoms with van der Waals surface area (Å²) in [4.78, 5) is 18.6. The first kappa shape index (κ1) is 24.1. The molecule has 7 heteroatoms. The number of aliphatic imine (C=N–C) groups is 1. The molecule has 1 amide bonds. The minimum Gasteiger partial charge on any atom is -0.459 e. The molecule has 170 valence electrons. The first-order valence-electron chi connectivity index (χ1n) is 11.0. The Bertz CT molecular complexity index is 1090. The number of nitrogens with zero attached hydrogens (tertiary/aromatic N) is 2. The first-order chi connectivity index (χ1) is 15.1. The topological polar surface area (TPSA) is 69.9 Å². The van der Waals surface area contributed by atoms with Crippen LogP contribution < -0.4 is 10.6 Å². The summed E-state index contributed by atoms with van der Waals surface area (Å²) >= 11 is 0. The minimum absolute atomic E-state index is 0. The average Bonchev–Trinajstić information content (AvgIpc) is 3.33. The largest absolute Gasteiger partial charge is 0.459 e. The number of fused-ring (bicyclic) bond motifs is 1. The number of aryl methyl sites for hydroxylation is 1. The lowest BCUT2D eigenvalue weighted by Gasteiger charge is -2.16. The quantitative estimate of drug-likeness (QED) is 0.255. The number of likely N-dealkylation sites (tertiary alicyclic amines) is 1. The Labute approximate surface area is 206 Å². The van der Waals surface area contributed by atoms with E-state index in [9.17, 15) is 4.79 Å². The van der Waals surface area contributed by atoms with E-state index >= 15 is 0 Å². The summed E-state index contributed by atoms with van der Waals surface area (Å²) < 4.78 is 6.00. The number of hydrogen-bond acceptors (Lipinski definition) is 3. The van der Waals surface area contributed by atoms with E-state index in [4.69, 9.17) is 9.41 Å². The maximum atomic E-state index is 11.9. The molecule has 2 heterocycles. The van der Waals surface area contributed by atoms with Crippen LogP contribution in [0.4, 0.5) is 0 Å². The zero-order valence-electron chi connectivity index (χ0n) is 18.7. The Hall–Kier alpha value is -2.55. The molecule has 0 aliphatic carbocycles.